The molecule has 0 aliphatic rings. The third kappa shape index (κ3) is 3.38. The van der Waals surface area contributed by atoms with Crippen molar-refractivity contribution in [2.24, 2.45) is 0 Å². The number of hydrogen-bond donors (Lipinski definition) is 0. The van der Waals surface area contributed by atoms with Crippen molar-refractivity contribution < 1.29 is 9.66 Å². The molecule has 0 bridgehead atoms. The molecule has 0 heterocycles. The zero-order chi connectivity index (χ0) is 11.3. The summed E-state index contributed by atoms with van der Waals surface area (Å²) in [7, 11) is 0. The van der Waals surface area contributed by atoms with Gasteiger partial charge in [-0.2, -0.15) is 0 Å². The first kappa shape index (κ1) is 11.2. The van der Waals surface area contributed by atoms with Crippen LogP contribution in [0.4, 0.5) is 5.69 Å². The molecule has 0 unspecified atom stereocenters. The Balaban J connectivity index is 2.64. The molecule has 0 fully saturated rings. The van der Waals surface area contributed by atoms with E-state index in [1.54, 1.807) is 19.1 Å². The smallest absolute Gasteiger partial charge is 0.269 e. The van der Waals surface area contributed by atoms with Crippen LogP contribution >= 0.6 is 0 Å². The average molecular weight is 207 g/mol. The summed E-state index contributed by atoms with van der Waals surface area (Å²) in [6.07, 6.45) is 0.256. The number of ether oxygens (including phenoxy) is 1. The molecule has 0 aromatic heterocycles. The predicted molar refractivity (Wildman–Crippen MR) is 56.8 cm³/mol. The van der Waals surface area contributed by atoms with Gasteiger partial charge in [0.15, 0.2) is 0 Å². The Morgan fingerprint density at radius 3 is 2.53 bits per heavy atom. The van der Waals surface area contributed by atoms with E-state index in [0.717, 1.165) is 5.56 Å². The molecule has 1 aromatic rings. The highest BCUT2D eigenvalue weighted by atomic mass is 16.6. The molecule has 0 atom stereocenters. The molecule has 5 nitrogen and oxygen atoms in total. The summed E-state index contributed by atoms with van der Waals surface area (Å²) in [4.78, 5) is 9.90. The molecule has 0 saturated carbocycles. The minimum absolute atomic E-state index is 0.0367. The molecule has 5 heteroatoms. The Kier molecular flexibility index (Phi) is 3.79. The zero-order valence-corrected chi connectivity index (χ0v) is 8.34. The summed E-state index contributed by atoms with van der Waals surface area (Å²) in [5, 5.41) is 19.6. The van der Waals surface area contributed by atoms with Crippen molar-refractivity contribution in [2.45, 2.75) is 13.3 Å². The van der Waals surface area contributed by atoms with Crippen LogP contribution in [0.15, 0.2) is 24.3 Å². The van der Waals surface area contributed by atoms with Gasteiger partial charge in [0.05, 0.1) is 11.5 Å². The second kappa shape index (κ2) is 5.09. The summed E-state index contributed by atoms with van der Waals surface area (Å²) in [6, 6.07) is 5.98. The zero-order valence-electron chi connectivity index (χ0n) is 8.34. The van der Waals surface area contributed by atoms with E-state index < -0.39 is 4.92 Å². The monoisotopic (exact) mass is 207 g/mol. The lowest BCUT2D eigenvalue weighted by Gasteiger charge is -2.12. The van der Waals surface area contributed by atoms with Crippen molar-refractivity contribution in [1.82, 2.24) is 0 Å². The van der Waals surface area contributed by atoms with Gasteiger partial charge in [-0.25, -0.2) is 0 Å². The summed E-state index contributed by atoms with van der Waals surface area (Å²) < 4.78 is 4.86. The van der Waals surface area contributed by atoms with Gasteiger partial charge in [0, 0.05) is 18.6 Å². The van der Waals surface area contributed by atoms with Crippen LogP contribution in [-0.4, -0.2) is 17.4 Å². The second-order valence-electron chi connectivity index (χ2n) is 2.93. The van der Waals surface area contributed by atoms with Crippen LogP contribution in [0.2, 0.25) is 0 Å². The van der Waals surface area contributed by atoms with Crippen LogP contribution in [0.1, 0.15) is 12.5 Å². The van der Waals surface area contributed by atoms with Gasteiger partial charge in [-0.3, -0.25) is 10.1 Å². The molecular formula is C10H11N2O3-. The van der Waals surface area contributed by atoms with E-state index in [0.29, 0.717) is 6.61 Å². The van der Waals surface area contributed by atoms with Crippen LogP contribution in [0.3, 0.4) is 0 Å². The largest absolute Gasteiger partial charge is 0.775 e. The van der Waals surface area contributed by atoms with Crippen LogP contribution in [-0.2, 0) is 11.2 Å². The number of nitro groups is 1. The van der Waals surface area contributed by atoms with Gasteiger partial charge in [-0.05, 0) is 18.4 Å². The van der Waals surface area contributed by atoms with E-state index in [9.17, 15) is 15.5 Å². The van der Waals surface area contributed by atoms with Crippen molar-refractivity contribution in [3.05, 3.63) is 45.4 Å². The first-order valence-corrected chi connectivity index (χ1v) is 4.54. The maximum Gasteiger partial charge on any atom is 0.269 e. The van der Waals surface area contributed by atoms with Gasteiger partial charge in [-0.15, -0.1) is 0 Å². The lowest BCUT2D eigenvalue weighted by molar-refractivity contribution is -0.384. The molecular weight excluding hydrogens is 196 g/mol. The predicted octanol–water partition coefficient (Wildman–Crippen LogP) is 2.14. The number of rotatable bonds is 4. The standard InChI is InChI=1S/C10H11N2O3/c1-2-15-10(11)7-8-3-5-9(6-4-8)12(13)14/h3-6H,2,7H2,1H3/q-1. The van der Waals surface area contributed by atoms with Gasteiger partial charge in [-0.1, -0.05) is 12.1 Å². The average Bonchev–Trinajstić information content (AvgIpc) is 2.18. The van der Waals surface area contributed by atoms with E-state index in [1.807, 2.05) is 0 Å². The fourth-order valence-electron chi connectivity index (χ4n) is 1.13. The van der Waals surface area contributed by atoms with E-state index in [2.05, 4.69) is 0 Å². The third-order valence-electron chi connectivity index (χ3n) is 1.81. The highest BCUT2D eigenvalue weighted by Gasteiger charge is 2.03. The normalized spacial score (nSPS) is 9.67. The van der Waals surface area contributed by atoms with Gasteiger partial charge in [0.2, 0.25) is 0 Å². The molecule has 0 aliphatic heterocycles. The minimum Gasteiger partial charge on any atom is -0.775 e. The van der Waals surface area contributed by atoms with E-state index in [-0.39, 0.29) is 18.0 Å². The van der Waals surface area contributed by atoms with Gasteiger partial charge < -0.3 is 10.1 Å². The highest BCUT2D eigenvalue weighted by Crippen LogP contribution is 2.12. The van der Waals surface area contributed by atoms with E-state index in [4.69, 9.17) is 4.74 Å². The fraction of sp³-hybridized carbons (Fsp3) is 0.300. The second-order valence-corrected chi connectivity index (χ2v) is 2.93. The lowest BCUT2D eigenvalue weighted by atomic mass is 10.1. The summed E-state index contributed by atoms with van der Waals surface area (Å²) in [6.45, 7) is 2.17. The molecule has 0 amide bonds. The molecule has 15 heavy (non-hydrogen) atoms. The van der Waals surface area contributed by atoms with Gasteiger partial charge in [0.25, 0.3) is 5.69 Å². The van der Waals surface area contributed by atoms with Crippen LogP contribution in [0, 0.1) is 10.1 Å². The Morgan fingerprint density at radius 2 is 2.07 bits per heavy atom. The Hall–Kier alpha value is -1.91. The Labute approximate surface area is 87.3 Å². The molecule has 1 rings (SSSR count). The number of non-ortho nitro benzene ring substituents is 1. The summed E-state index contributed by atoms with van der Waals surface area (Å²) in [5.41, 5.74) is 0.807. The van der Waals surface area contributed by atoms with Crippen LogP contribution < -0.4 is 0 Å². The molecule has 80 valence electrons. The maximum atomic E-state index is 10.4. The topological polar surface area (TPSA) is 74.7 Å². The van der Waals surface area contributed by atoms with Gasteiger partial charge in [0.1, 0.15) is 0 Å². The molecule has 0 spiro atoms. The number of hydrogen-bond acceptors (Lipinski definition) is 3. The summed E-state index contributed by atoms with van der Waals surface area (Å²) >= 11 is 0. The summed E-state index contributed by atoms with van der Waals surface area (Å²) in [5.74, 6) is -0.0775. The SMILES string of the molecule is CCOC(=[N-])Cc1ccc([N+](=O)[O-])cc1. The molecule has 1 aromatic carbocycles. The minimum atomic E-state index is -0.462. The first-order chi connectivity index (χ1) is 7.13. The number of nitro benzene ring substituents is 1. The van der Waals surface area contributed by atoms with Crippen molar-refractivity contribution in [3.8, 4) is 0 Å². The Morgan fingerprint density at radius 1 is 1.47 bits per heavy atom. The molecule has 0 aliphatic carbocycles. The van der Waals surface area contributed by atoms with Crippen LogP contribution in [0.25, 0.3) is 5.41 Å². The lowest BCUT2D eigenvalue weighted by Crippen LogP contribution is -2.05. The quantitative estimate of drug-likeness (QED) is 0.328. The van der Waals surface area contributed by atoms with Crippen LogP contribution in [0.5, 0.6) is 0 Å². The molecule has 0 radical (unpaired) electrons. The fourth-order valence-corrected chi connectivity index (χ4v) is 1.13. The van der Waals surface area contributed by atoms with Crippen molar-refractivity contribution in [2.75, 3.05) is 6.61 Å². The number of benzene rings is 1. The molecule has 0 N–H and O–H groups in total. The highest BCUT2D eigenvalue weighted by molar-refractivity contribution is 5.81. The maximum absolute atomic E-state index is 10.4. The first-order valence-electron chi connectivity index (χ1n) is 4.54. The van der Waals surface area contributed by atoms with Crippen molar-refractivity contribution in [1.29, 1.82) is 0 Å². The van der Waals surface area contributed by atoms with E-state index >= 15 is 0 Å². The number of nitrogens with zero attached hydrogens (tertiary/aromatic N) is 2. The molecule has 0 saturated heterocycles. The van der Waals surface area contributed by atoms with E-state index in [1.165, 1.54) is 12.1 Å². The Bertz CT molecular complexity index is 359. The van der Waals surface area contributed by atoms with Gasteiger partial charge >= 0.3 is 0 Å². The van der Waals surface area contributed by atoms with Crippen molar-refractivity contribution in [3.63, 3.8) is 0 Å². The third-order valence-corrected chi connectivity index (χ3v) is 1.81. The van der Waals surface area contributed by atoms with Crippen molar-refractivity contribution >= 4 is 11.6 Å².